The van der Waals surface area contributed by atoms with Gasteiger partial charge < -0.3 is 10.6 Å². The quantitative estimate of drug-likeness (QED) is 0.757. The molecule has 2 N–H and O–H groups in total. The molecular weight excluding hydrogens is 282 g/mol. The van der Waals surface area contributed by atoms with Crippen molar-refractivity contribution in [2.24, 2.45) is 0 Å². The normalized spacial score (nSPS) is 13.5. The van der Waals surface area contributed by atoms with Crippen molar-refractivity contribution in [1.29, 1.82) is 5.26 Å². The predicted octanol–water partition coefficient (Wildman–Crippen LogP) is 3.56. The number of hydrogen-bond donors (Lipinski definition) is 2. The topological polar surface area (TPSA) is 64.9 Å². The van der Waals surface area contributed by atoms with Crippen molar-refractivity contribution < 1.29 is 4.79 Å². The van der Waals surface area contributed by atoms with E-state index in [9.17, 15) is 10.1 Å². The van der Waals surface area contributed by atoms with Gasteiger partial charge in [0.25, 0.3) is 0 Å². The van der Waals surface area contributed by atoms with Gasteiger partial charge in [-0.05, 0) is 24.9 Å². The number of fused-ring (bicyclic) bond motifs is 1. The summed E-state index contributed by atoms with van der Waals surface area (Å²) in [6, 6.07) is 2.26. The maximum Gasteiger partial charge on any atom is 0.225 e. The third-order valence-electron chi connectivity index (χ3n) is 3.80. The summed E-state index contributed by atoms with van der Waals surface area (Å²) < 4.78 is 0. The summed E-state index contributed by atoms with van der Waals surface area (Å²) in [6.07, 6.45) is 7.12. The summed E-state index contributed by atoms with van der Waals surface area (Å²) in [5.74, 6) is 0.0366. The molecule has 1 aliphatic heterocycles. The molecule has 0 spiro atoms. The molecule has 1 aliphatic rings. The molecule has 21 heavy (non-hydrogen) atoms. The van der Waals surface area contributed by atoms with Crippen LogP contribution in [0.4, 0.5) is 5.00 Å². The summed E-state index contributed by atoms with van der Waals surface area (Å²) >= 11 is 1.55. The highest BCUT2D eigenvalue weighted by molar-refractivity contribution is 7.16. The van der Waals surface area contributed by atoms with Gasteiger partial charge in [-0.1, -0.05) is 32.6 Å². The van der Waals surface area contributed by atoms with Crippen molar-refractivity contribution >= 4 is 22.2 Å². The largest absolute Gasteiger partial charge is 0.317 e. The molecule has 2 rings (SSSR count). The van der Waals surface area contributed by atoms with Gasteiger partial charge in [0.05, 0.1) is 5.56 Å². The van der Waals surface area contributed by atoms with Gasteiger partial charge in [0, 0.05) is 17.8 Å². The number of anilines is 1. The van der Waals surface area contributed by atoms with Crippen molar-refractivity contribution in [2.75, 3.05) is 11.9 Å². The third kappa shape index (κ3) is 4.29. The van der Waals surface area contributed by atoms with Crippen LogP contribution in [0.25, 0.3) is 0 Å². The minimum atomic E-state index is 0.0366. The monoisotopic (exact) mass is 305 g/mol. The lowest BCUT2D eigenvalue weighted by atomic mass is 10.0. The number of hydrogen-bond acceptors (Lipinski definition) is 4. The molecule has 0 unspecified atom stereocenters. The van der Waals surface area contributed by atoms with E-state index >= 15 is 0 Å². The zero-order valence-corrected chi connectivity index (χ0v) is 13.4. The SMILES string of the molecule is CCCCCCCC(=O)Nc1sc2c(c1C#N)CCNC2. The van der Waals surface area contributed by atoms with Gasteiger partial charge in [0.2, 0.25) is 5.91 Å². The molecule has 1 aromatic heterocycles. The Hall–Kier alpha value is -1.38. The van der Waals surface area contributed by atoms with Crippen LogP contribution >= 0.6 is 11.3 Å². The van der Waals surface area contributed by atoms with Gasteiger partial charge in [-0.2, -0.15) is 5.26 Å². The number of nitriles is 1. The number of nitrogens with zero attached hydrogens (tertiary/aromatic N) is 1. The first-order valence-corrected chi connectivity index (χ1v) is 8.63. The van der Waals surface area contributed by atoms with Crippen LogP contribution in [0.5, 0.6) is 0 Å². The molecule has 0 saturated carbocycles. The molecule has 1 aromatic rings. The van der Waals surface area contributed by atoms with Crippen LogP contribution in [-0.2, 0) is 17.8 Å². The maximum absolute atomic E-state index is 12.0. The average Bonchev–Trinajstić information content (AvgIpc) is 2.84. The van der Waals surface area contributed by atoms with E-state index < -0.39 is 0 Å². The number of carbonyl (C=O) groups is 1. The van der Waals surface area contributed by atoms with Crippen LogP contribution in [0.2, 0.25) is 0 Å². The van der Waals surface area contributed by atoms with E-state index in [0.29, 0.717) is 12.0 Å². The van der Waals surface area contributed by atoms with E-state index in [-0.39, 0.29) is 5.91 Å². The first-order valence-electron chi connectivity index (χ1n) is 7.81. The number of nitrogens with one attached hydrogen (secondary N) is 2. The Bertz CT molecular complexity index is 530. The van der Waals surface area contributed by atoms with Crippen LogP contribution in [-0.4, -0.2) is 12.5 Å². The van der Waals surface area contributed by atoms with E-state index in [4.69, 9.17) is 0 Å². The lowest BCUT2D eigenvalue weighted by molar-refractivity contribution is -0.116. The van der Waals surface area contributed by atoms with Gasteiger partial charge in [-0.3, -0.25) is 4.79 Å². The molecular formula is C16H23N3OS. The minimum Gasteiger partial charge on any atom is -0.317 e. The number of rotatable bonds is 7. The Labute approximate surface area is 130 Å². The fourth-order valence-corrected chi connectivity index (χ4v) is 3.80. The standard InChI is InChI=1S/C16H23N3OS/c1-2-3-4-5-6-7-15(20)19-16-13(10-17)12-8-9-18-11-14(12)21-16/h18H,2-9,11H2,1H3,(H,19,20). The smallest absolute Gasteiger partial charge is 0.225 e. The van der Waals surface area contributed by atoms with E-state index in [1.54, 1.807) is 11.3 Å². The van der Waals surface area contributed by atoms with Crippen LogP contribution < -0.4 is 10.6 Å². The van der Waals surface area contributed by atoms with Gasteiger partial charge in [0.1, 0.15) is 11.1 Å². The van der Waals surface area contributed by atoms with Crippen LogP contribution in [0.15, 0.2) is 0 Å². The van der Waals surface area contributed by atoms with Crippen molar-refractivity contribution in [2.45, 2.75) is 58.4 Å². The molecule has 4 nitrogen and oxygen atoms in total. The number of thiophene rings is 1. The molecule has 0 aliphatic carbocycles. The molecule has 0 atom stereocenters. The van der Waals surface area contributed by atoms with Crippen molar-refractivity contribution in [3.8, 4) is 6.07 Å². The van der Waals surface area contributed by atoms with Gasteiger partial charge >= 0.3 is 0 Å². The fraction of sp³-hybridized carbons (Fsp3) is 0.625. The Balaban J connectivity index is 1.89. The summed E-state index contributed by atoms with van der Waals surface area (Å²) in [4.78, 5) is 13.2. The second-order valence-electron chi connectivity index (χ2n) is 5.46. The molecule has 0 saturated heterocycles. The van der Waals surface area contributed by atoms with Crippen LogP contribution in [0, 0.1) is 11.3 Å². The summed E-state index contributed by atoms with van der Waals surface area (Å²) in [6.45, 7) is 3.90. The Morgan fingerprint density at radius 3 is 2.95 bits per heavy atom. The molecule has 114 valence electrons. The van der Waals surface area contributed by atoms with E-state index in [1.165, 1.54) is 24.1 Å². The highest BCUT2D eigenvalue weighted by Crippen LogP contribution is 2.34. The summed E-state index contributed by atoms with van der Waals surface area (Å²) in [7, 11) is 0. The van der Waals surface area contributed by atoms with Gasteiger partial charge in [-0.15, -0.1) is 11.3 Å². The summed E-state index contributed by atoms with van der Waals surface area (Å²) in [5.41, 5.74) is 1.80. The fourth-order valence-electron chi connectivity index (χ4n) is 2.62. The molecule has 0 fully saturated rings. The lowest BCUT2D eigenvalue weighted by Gasteiger charge is -2.11. The number of unbranched alkanes of at least 4 members (excludes halogenated alkanes) is 4. The van der Waals surface area contributed by atoms with Crippen LogP contribution in [0.1, 0.15) is 61.5 Å². The molecule has 0 radical (unpaired) electrons. The number of amides is 1. The zero-order chi connectivity index (χ0) is 15.1. The Kier molecular flexibility index (Phi) is 6.21. The highest BCUT2D eigenvalue weighted by atomic mass is 32.1. The Morgan fingerprint density at radius 2 is 2.19 bits per heavy atom. The molecule has 0 bridgehead atoms. The van der Waals surface area contributed by atoms with Gasteiger partial charge in [0.15, 0.2) is 0 Å². The summed E-state index contributed by atoms with van der Waals surface area (Å²) in [5, 5.41) is 16.3. The first kappa shape index (κ1) is 16.0. The third-order valence-corrected chi connectivity index (χ3v) is 4.95. The molecule has 1 amide bonds. The molecule has 0 aromatic carbocycles. The van der Waals surface area contributed by atoms with E-state index in [2.05, 4.69) is 23.6 Å². The second-order valence-corrected chi connectivity index (χ2v) is 6.56. The zero-order valence-electron chi connectivity index (χ0n) is 12.6. The van der Waals surface area contributed by atoms with Crippen molar-refractivity contribution in [1.82, 2.24) is 5.32 Å². The first-order chi connectivity index (χ1) is 10.3. The maximum atomic E-state index is 12.0. The second kappa shape index (κ2) is 8.16. The highest BCUT2D eigenvalue weighted by Gasteiger charge is 2.21. The van der Waals surface area contributed by atoms with E-state index in [1.807, 2.05) is 0 Å². The predicted molar refractivity (Wildman–Crippen MR) is 86.5 cm³/mol. The molecule has 5 heteroatoms. The number of carbonyl (C=O) groups excluding carboxylic acids is 1. The van der Waals surface area contributed by atoms with Crippen molar-refractivity contribution in [3.05, 3.63) is 16.0 Å². The van der Waals surface area contributed by atoms with Crippen molar-refractivity contribution in [3.63, 3.8) is 0 Å². The molecule has 2 heterocycles. The van der Waals surface area contributed by atoms with E-state index in [0.717, 1.165) is 42.9 Å². The van der Waals surface area contributed by atoms with Gasteiger partial charge in [-0.25, -0.2) is 0 Å². The minimum absolute atomic E-state index is 0.0366. The lowest BCUT2D eigenvalue weighted by Crippen LogP contribution is -2.22. The average molecular weight is 305 g/mol. The van der Waals surface area contributed by atoms with Crippen LogP contribution in [0.3, 0.4) is 0 Å². The Morgan fingerprint density at radius 1 is 1.38 bits per heavy atom.